The van der Waals surface area contributed by atoms with Crippen LogP contribution in [-0.4, -0.2) is 16.7 Å². The molecule has 1 aliphatic carbocycles. The molecule has 0 radical (unpaired) electrons. The summed E-state index contributed by atoms with van der Waals surface area (Å²) in [6.45, 7) is 7.29. The molecule has 0 bridgehead atoms. The normalized spacial score (nSPS) is 25.7. The van der Waals surface area contributed by atoms with E-state index in [0.29, 0.717) is 18.4 Å². The topological polar surface area (TPSA) is 64.9 Å². The second-order valence-corrected chi connectivity index (χ2v) is 6.52. The van der Waals surface area contributed by atoms with Crippen LogP contribution in [-0.2, 0) is 0 Å². The van der Waals surface area contributed by atoms with Crippen molar-refractivity contribution in [3.8, 4) is 0 Å². The van der Waals surface area contributed by atoms with Crippen LogP contribution in [0, 0.1) is 11.8 Å². The fourth-order valence-electron chi connectivity index (χ4n) is 3.11. The van der Waals surface area contributed by atoms with Gasteiger partial charge in [0, 0.05) is 12.5 Å². The predicted molar refractivity (Wildman–Crippen MR) is 75.9 cm³/mol. The maximum atomic E-state index is 5.84. The van der Waals surface area contributed by atoms with Crippen molar-refractivity contribution in [2.45, 2.75) is 64.7 Å². The van der Waals surface area contributed by atoms with Gasteiger partial charge in [-0.2, -0.15) is 4.98 Å². The summed E-state index contributed by atoms with van der Waals surface area (Å²) in [5.74, 6) is 3.72. The van der Waals surface area contributed by atoms with Gasteiger partial charge in [-0.1, -0.05) is 38.8 Å². The summed E-state index contributed by atoms with van der Waals surface area (Å²) in [7, 11) is 0. The molecular weight excluding hydrogens is 238 g/mol. The molecule has 3 atom stereocenters. The molecule has 1 heterocycles. The highest BCUT2D eigenvalue weighted by molar-refractivity contribution is 5.01. The van der Waals surface area contributed by atoms with Crippen LogP contribution in [0.2, 0.25) is 0 Å². The Labute approximate surface area is 116 Å². The zero-order valence-electron chi connectivity index (χ0n) is 12.4. The number of aromatic nitrogens is 2. The average molecular weight is 265 g/mol. The first kappa shape index (κ1) is 14.5. The molecule has 4 nitrogen and oxygen atoms in total. The number of hydrogen-bond donors (Lipinski definition) is 1. The lowest BCUT2D eigenvalue weighted by molar-refractivity contribution is 0.310. The van der Waals surface area contributed by atoms with E-state index >= 15 is 0 Å². The Bertz CT molecular complexity index is 370. The van der Waals surface area contributed by atoms with E-state index in [2.05, 4.69) is 30.9 Å². The van der Waals surface area contributed by atoms with E-state index in [1.54, 1.807) is 0 Å². The SMILES string of the molecule is CC(C)CC(CN)c1nc(C2CCCC(C)C2)no1. The summed E-state index contributed by atoms with van der Waals surface area (Å²) in [6.07, 6.45) is 6.01. The van der Waals surface area contributed by atoms with Crippen LogP contribution in [0.25, 0.3) is 0 Å². The van der Waals surface area contributed by atoms with Crippen LogP contribution in [0.1, 0.15) is 76.4 Å². The van der Waals surface area contributed by atoms with Gasteiger partial charge in [-0.05, 0) is 31.1 Å². The van der Waals surface area contributed by atoms with Gasteiger partial charge in [0.25, 0.3) is 0 Å². The van der Waals surface area contributed by atoms with Gasteiger partial charge >= 0.3 is 0 Å². The molecule has 0 amide bonds. The molecular formula is C15H27N3O. The molecule has 2 rings (SSSR count). The molecule has 1 aliphatic rings. The average Bonchev–Trinajstić information content (AvgIpc) is 2.85. The number of nitrogens with zero attached hydrogens (tertiary/aromatic N) is 2. The molecule has 19 heavy (non-hydrogen) atoms. The summed E-state index contributed by atoms with van der Waals surface area (Å²) >= 11 is 0. The van der Waals surface area contributed by atoms with E-state index in [1.807, 2.05) is 0 Å². The highest BCUT2D eigenvalue weighted by Gasteiger charge is 2.26. The Morgan fingerprint density at radius 3 is 2.79 bits per heavy atom. The number of nitrogens with two attached hydrogens (primary N) is 1. The van der Waals surface area contributed by atoms with Crippen molar-refractivity contribution < 1.29 is 4.52 Å². The molecule has 1 saturated carbocycles. The minimum atomic E-state index is 0.210. The Morgan fingerprint density at radius 1 is 1.37 bits per heavy atom. The van der Waals surface area contributed by atoms with Crippen molar-refractivity contribution in [3.63, 3.8) is 0 Å². The molecule has 3 unspecified atom stereocenters. The second-order valence-electron chi connectivity index (χ2n) is 6.52. The van der Waals surface area contributed by atoms with Crippen LogP contribution in [0.3, 0.4) is 0 Å². The zero-order chi connectivity index (χ0) is 13.8. The summed E-state index contributed by atoms with van der Waals surface area (Å²) in [4.78, 5) is 4.63. The van der Waals surface area contributed by atoms with Gasteiger partial charge in [-0.3, -0.25) is 0 Å². The van der Waals surface area contributed by atoms with E-state index < -0.39 is 0 Å². The first-order chi connectivity index (χ1) is 9.10. The fourth-order valence-corrected chi connectivity index (χ4v) is 3.11. The molecule has 108 valence electrons. The summed E-state index contributed by atoms with van der Waals surface area (Å²) in [5, 5.41) is 4.21. The minimum Gasteiger partial charge on any atom is -0.339 e. The number of hydrogen-bond acceptors (Lipinski definition) is 4. The molecule has 0 saturated heterocycles. The van der Waals surface area contributed by atoms with Gasteiger partial charge in [0.15, 0.2) is 5.82 Å². The standard InChI is InChI=1S/C15H27N3O/c1-10(2)7-13(9-16)15-17-14(18-19-15)12-6-4-5-11(3)8-12/h10-13H,4-9,16H2,1-3H3. The van der Waals surface area contributed by atoms with Crippen molar-refractivity contribution in [2.24, 2.45) is 17.6 Å². The first-order valence-corrected chi connectivity index (χ1v) is 7.63. The first-order valence-electron chi connectivity index (χ1n) is 7.63. The van der Waals surface area contributed by atoms with Gasteiger partial charge in [0.1, 0.15) is 0 Å². The summed E-state index contributed by atoms with van der Waals surface area (Å²) in [6, 6.07) is 0. The van der Waals surface area contributed by atoms with Crippen molar-refractivity contribution >= 4 is 0 Å². The second kappa shape index (κ2) is 6.51. The van der Waals surface area contributed by atoms with Crippen LogP contribution in [0.4, 0.5) is 0 Å². The maximum absolute atomic E-state index is 5.84. The molecule has 2 N–H and O–H groups in total. The van der Waals surface area contributed by atoms with E-state index in [1.165, 1.54) is 25.7 Å². The third-order valence-electron chi connectivity index (χ3n) is 4.15. The summed E-state index contributed by atoms with van der Waals surface area (Å²) < 4.78 is 5.47. The van der Waals surface area contributed by atoms with E-state index in [4.69, 9.17) is 10.3 Å². The lowest BCUT2D eigenvalue weighted by Crippen LogP contribution is -2.16. The predicted octanol–water partition coefficient (Wildman–Crippen LogP) is 3.45. The largest absolute Gasteiger partial charge is 0.339 e. The summed E-state index contributed by atoms with van der Waals surface area (Å²) in [5.41, 5.74) is 5.84. The van der Waals surface area contributed by atoms with Gasteiger partial charge in [-0.25, -0.2) is 0 Å². The zero-order valence-corrected chi connectivity index (χ0v) is 12.4. The van der Waals surface area contributed by atoms with Crippen molar-refractivity contribution in [1.29, 1.82) is 0 Å². The molecule has 0 aliphatic heterocycles. The van der Waals surface area contributed by atoms with E-state index in [-0.39, 0.29) is 5.92 Å². The fraction of sp³-hybridized carbons (Fsp3) is 0.867. The van der Waals surface area contributed by atoms with Crippen LogP contribution in [0.5, 0.6) is 0 Å². The van der Waals surface area contributed by atoms with E-state index in [0.717, 1.165) is 24.1 Å². The third-order valence-corrected chi connectivity index (χ3v) is 4.15. The van der Waals surface area contributed by atoms with Crippen LogP contribution < -0.4 is 5.73 Å². The Balaban J connectivity index is 2.04. The highest BCUT2D eigenvalue weighted by Crippen LogP contribution is 2.35. The smallest absolute Gasteiger partial charge is 0.231 e. The van der Waals surface area contributed by atoms with Crippen molar-refractivity contribution in [2.75, 3.05) is 6.54 Å². The van der Waals surface area contributed by atoms with E-state index in [9.17, 15) is 0 Å². The Hall–Kier alpha value is -0.900. The third kappa shape index (κ3) is 3.78. The Kier molecular flexibility index (Phi) is 4.97. The van der Waals surface area contributed by atoms with Gasteiger partial charge in [0.05, 0.1) is 5.92 Å². The van der Waals surface area contributed by atoms with Crippen molar-refractivity contribution in [3.05, 3.63) is 11.7 Å². The van der Waals surface area contributed by atoms with Gasteiger partial charge in [0.2, 0.25) is 5.89 Å². The quantitative estimate of drug-likeness (QED) is 0.885. The van der Waals surface area contributed by atoms with Gasteiger partial charge in [-0.15, -0.1) is 0 Å². The van der Waals surface area contributed by atoms with Crippen LogP contribution in [0.15, 0.2) is 4.52 Å². The number of rotatable bonds is 5. The molecule has 1 fully saturated rings. The van der Waals surface area contributed by atoms with Gasteiger partial charge < -0.3 is 10.3 Å². The Morgan fingerprint density at radius 2 is 2.16 bits per heavy atom. The molecule has 0 aromatic carbocycles. The molecule has 1 aromatic heterocycles. The molecule has 4 heteroatoms. The molecule has 0 spiro atoms. The minimum absolute atomic E-state index is 0.210. The highest BCUT2D eigenvalue weighted by atomic mass is 16.5. The molecule has 1 aromatic rings. The lowest BCUT2D eigenvalue weighted by Gasteiger charge is -2.23. The maximum Gasteiger partial charge on any atom is 0.231 e. The van der Waals surface area contributed by atoms with Crippen LogP contribution >= 0.6 is 0 Å². The van der Waals surface area contributed by atoms with Crippen molar-refractivity contribution in [1.82, 2.24) is 10.1 Å². The lowest BCUT2D eigenvalue weighted by atomic mass is 9.82. The monoisotopic (exact) mass is 265 g/mol.